The first kappa shape index (κ1) is 18.2. The molecule has 0 rings (SSSR count). The van der Waals surface area contributed by atoms with E-state index in [-0.39, 0.29) is 0 Å². The summed E-state index contributed by atoms with van der Waals surface area (Å²) in [5.74, 6) is 0. The molecule has 0 amide bonds. The Hall–Kier alpha value is -2.78. The first-order valence-electron chi connectivity index (χ1n) is 4.40. The summed E-state index contributed by atoms with van der Waals surface area (Å²) in [7, 11) is 0. The minimum absolute atomic E-state index is 1.64. The number of rotatable bonds is 10. The molecular weight excluding hydrogens is 336 g/mol. The van der Waals surface area contributed by atoms with Gasteiger partial charge >= 0.3 is 106 Å². The van der Waals surface area contributed by atoms with Crippen LogP contribution >= 0.6 is 0 Å². The fourth-order valence-electron chi connectivity index (χ4n) is 0.884. The van der Waals surface area contributed by atoms with Gasteiger partial charge in [-0.1, -0.05) is 0 Å². The SMILES string of the molecule is O=[CH][Fe]([CH]=O)([CH]=O)([CH]=O)([CH]=O)([CH]=O)([CH]=O)([CH]=O)([CH]=O)[CH]=O. The van der Waals surface area contributed by atoms with Crippen LogP contribution in [0.3, 0.4) is 0 Å². The van der Waals surface area contributed by atoms with Gasteiger partial charge < -0.3 is 0 Å². The molecule has 0 saturated carbocycles. The van der Waals surface area contributed by atoms with Crippen molar-refractivity contribution in [3.05, 3.63) is 0 Å². The zero-order valence-corrected chi connectivity index (χ0v) is 11.3. The van der Waals surface area contributed by atoms with Crippen molar-refractivity contribution in [3.63, 3.8) is 0 Å². The van der Waals surface area contributed by atoms with Gasteiger partial charge in [-0.25, -0.2) is 0 Å². The molecule has 21 heavy (non-hydrogen) atoms. The van der Waals surface area contributed by atoms with E-state index in [0.717, 1.165) is 0 Å². The number of hydrogen-bond donors (Lipinski definition) is 0. The van der Waals surface area contributed by atoms with E-state index in [1.807, 2.05) is 0 Å². The van der Waals surface area contributed by atoms with E-state index in [9.17, 15) is 47.9 Å². The minimum atomic E-state index is -11.4. The topological polar surface area (TPSA) is 171 Å². The van der Waals surface area contributed by atoms with Crippen LogP contribution in [0.25, 0.3) is 0 Å². The van der Waals surface area contributed by atoms with Gasteiger partial charge in [0.05, 0.1) is 0 Å². The van der Waals surface area contributed by atoms with Gasteiger partial charge in [-0.05, 0) is 0 Å². The third-order valence-electron chi connectivity index (χ3n) is 4.33. The van der Waals surface area contributed by atoms with Crippen molar-refractivity contribution in [1.29, 1.82) is 0 Å². The van der Waals surface area contributed by atoms with Crippen LogP contribution in [0, 0.1) is 0 Å². The molecule has 0 N–H and O–H groups in total. The molecule has 0 aromatic rings. The molecule has 118 valence electrons. The average molecular weight is 346 g/mol. The van der Waals surface area contributed by atoms with Crippen molar-refractivity contribution < 1.29 is 54.5 Å². The van der Waals surface area contributed by atoms with Crippen molar-refractivity contribution >= 4 is 51.8 Å². The second kappa shape index (κ2) is 1.66. The molecule has 0 unspecified atom stereocenters. The van der Waals surface area contributed by atoms with Crippen LogP contribution < -0.4 is 0 Å². The zero-order valence-electron chi connectivity index (χ0n) is 10.2. The molecule has 10 nitrogen and oxygen atoms in total. The van der Waals surface area contributed by atoms with E-state index >= 15 is 0 Å². The van der Waals surface area contributed by atoms with Crippen LogP contribution in [-0.2, 0) is 54.5 Å². The van der Waals surface area contributed by atoms with Crippen LogP contribution in [0.4, 0.5) is 0 Å². The molecule has 0 aliphatic carbocycles. The number of carbonyl (C=O) groups is 10. The summed E-state index contributed by atoms with van der Waals surface area (Å²) in [6.07, 6.45) is 0. The standard InChI is InChI=1S/10CHO.Fe/c10*1-2;/h10*1H;. The Balaban J connectivity index is 10.5. The Morgan fingerprint density at radius 3 is 0.381 bits per heavy atom. The van der Waals surface area contributed by atoms with E-state index in [1.54, 1.807) is 0 Å². The quantitative estimate of drug-likeness (QED) is 0.298. The van der Waals surface area contributed by atoms with Crippen molar-refractivity contribution in [2.24, 2.45) is 0 Å². The van der Waals surface area contributed by atoms with Crippen molar-refractivity contribution in [2.45, 2.75) is 0 Å². The predicted octanol–water partition coefficient (Wildman–Crippen LogP) is -2.74. The molecule has 0 bridgehead atoms. The van der Waals surface area contributed by atoms with Crippen molar-refractivity contribution in [1.82, 2.24) is 0 Å². The second-order valence-corrected chi connectivity index (χ2v) is 25.3. The Labute approximate surface area is 107 Å². The van der Waals surface area contributed by atoms with Crippen LogP contribution in [0.5, 0.6) is 0 Å². The van der Waals surface area contributed by atoms with E-state index in [4.69, 9.17) is 0 Å². The summed E-state index contributed by atoms with van der Waals surface area (Å²) in [4.78, 5) is 118. The monoisotopic (exact) mass is 346 g/mol. The van der Waals surface area contributed by atoms with Gasteiger partial charge in [-0.15, -0.1) is 0 Å². The first-order chi connectivity index (χ1) is 9.31. The maximum atomic E-state index is 11.8. The molecule has 0 aromatic heterocycles. The van der Waals surface area contributed by atoms with Crippen LogP contribution in [0.2, 0.25) is 0 Å². The Morgan fingerprint density at radius 1 is 0.286 bits per heavy atom. The van der Waals surface area contributed by atoms with Crippen molar-refractivity contribution in [2.75, 3.05) is 0 Å². The molecule has 11 heteroatoms. The summed E-state index contributed by atoms with van der Waals surface area (Å²) >= 11 is 0. The van der Waals surface area contributed by atoms with Gasteiger partial charge in [0.2, 0.25) is 0 Å². The van der Waals surface area contributed by atoms with Crippen molar-refractivity contribution in [3.8, 4) is 0 Å². The summed E-state index contributed by atoms with van der Waals surface area (Å²) in [6, 6.07) is 0. The molecule has 0 spiro atoms. The van der Waals surface area contributed by atoms with Gasteiger partial charge in [0.15, 0.2) is 0 Å². The molecule has 0 fully saturated rings. The third kappa shape index (κ3) is 0.524. The van der Waals surface area contributed by atoms with Crippen LogP contribution in [0.15, 0.2) is 0 Å². The molecule has 0 heterocycles. The molecule has 0 atom stereocenters. The number of hydrogen-bond acceptors (Lipinski definition) is 10. The summed E-state index contributed by atoms with van der Waals surface area (Å²) < 4.78 is 0. The van der Waals surface area contributed by atoms with Gasteiger partial charge in [0, 0.05) is 0 Å². The number of carbonyl (C=O) groups excluding carboxylic acids is 10. The summed E-state index contributed by atoms with van der Waals surface area (Å²) in [5.41, 5.74) is 0. The van der Waals surface area contributed by atoms with Gasteiger partial charge in [0.1, 0.15) is 0 Å². The second-order valence-electron chi connectivity index (χ2n) is 6.14. The summed E-state index contributed by atoms with van der Waals surface area (Å²) in [6.45, 7) is -11.4. The first-order valence-corrected chi connectivity index (χ1v) is 10.8. The molecule has 0 saturated heterocycles. The van der Waals surface area contributed by atoms with E-state index in [0.29, 0.717) is 0 Å². The van der Waals surface area contributed by atoms with Gasteiger partial charge in [-0.3, -0.25) is 0 Å². The fraction of sp³-hybridized carbons (Fsp3) is 0. The average Bonchev–Trinajstić information content (AvgIpc) is 2.65. The normalized spacial score (nSPS) is 23.8. The Bertz CT molecular complexity index is 593. The molecule has 0 aliphatic heterocycles. The molecular formula is C10H10FeO10. The summed E-state index contributed by atoms with van der Waals surface area (Å²) in [5, 5.41) is -16.4. The van der Waals surface area contributed by atoms with E-state index in [2.05, 4.69) is 0 Å². The third-order valence-corrected chi connectivity index (χ3v) is 17.9. The molecule has 0 aromatic carbocycles. The predicted molar refractivity (Wildman–Crippen MR) is 67.5 cm³/mol. The fourth-order valence-corrected chi connectivity index (χ4v) is 3.64. The van der Waals surface area contributed by atoms with Gasteiger partial charge in [0.25, 0.3) is 0 Å². The Kier molecular flexibility index (Phi) is 1.44. The van der Waals surface area contributed by atoms with Crippen LogP contribution in [-0.4, -0.2) is 51.8 Å². The van der Waals surface area contributed by atoms with E-state index < -0.39 is 58.4 Å². The van der Waals surface area contributed by atoms with E-state index in [1.165, 1.54) is 0 Å². The van der Waals surface area contributed by atoms with Crippen LogP contribution in [0.1, 0.15) is 0 Å². The maximum absolute atomic E-state index is 11.8. The Morgan fingerprint density at radius 2 is 0.381 bits per heavy atom. The molecule has 0 aliphatic rings. The van der Waals surface area contributed by atoms with Gasteiger partial charge in [-0.2, -0.15) is 0 Å². The zero-order chi connectivity index (χ0) is 17.4. The molecule has 0 radical (unpaired) electrons.